The van der Waals surface area contributed by atoms with Gasteiger partial charge >= 0.3 is 11.7 Å². The van der Waals surface area contributed by atoms with E-state index < -0.39 is 30.0 Å². The van der Waals surface area contributed by atoms with Crippen molar-refractivity contribution >= 4 is 28.8 Å². The molecule has 244 valence electrons. The van der Waals surface area contributed by atoms with Gasteiger partial charge in [-0.15, -0.1) is 0 Å². The molecule has 15 heteroatoms. The number of urea groups is 1. The highest BCUT2D eigenvalue weighted by Crippen LogP contribution is 2.41. The average Bonchev–Trinajstić information content (AvgIpc) is 3.89. The van der Waals surface area contributed by atoms with Crippen LogP contribution in [0.25, 0.3) is 0 Å². The second-order valence-electron chi connectivity index (χ2n) is 9.69. The Labute approximate surface area is 257 Å². The number of halogens is 2. The number of aliphatic hydroxyl groups excluding tert-OH is 1. The van der Waals surface area contributed by atoms with Gasteiger partial charge in [0, 0.05) is 55.1 Å². The first-order chi connectivity index (χ1) is 20.9. The van der Waals surface area contributed by atoms with Crippen molar-refractivity contribution in [3.05, 3.63) is 57.8 Å². The molecule has 0 spiro atoms. The van der Waals surface area contributed by atoms with Gasteiger partial charge in [-0.2, -0.15) is 0 Å². The lowest BCUT2D eigenvalue weighted by Gasteiger charge is -2.03. The normalized spacial score (nSPS) is 24.0. The number of rotatable bonds is 9. The topological polar surface area (TPSA) is 195 Å². The summed E-state index contributed by atoms with van der Waals surface area (Å²) in [5.74, 6) is 1.14. The molecule has 3 aliphatic carbocycles. The fraction of sp³-hybridized carbons (Fsp3) is 0.607. The summed E-state index contributed by atoms with van der Waals surface area (Å²) in [6.07, 6.45) is 11.6. The predicted molar refractivity (Wildman–Crippen MR) is 161 cm³/mol. The average molecular weight is 635 g/mol. The van der Waals surface area contributed by atoms with Crippen molar-refractivity contribution in [2.45, 2.75) is 64.1 Å². The highest BCUT2D eigenvalue weighted by atomic mass is 35.5. The van der Waals surface area contributed by atoms with Crippen molar-refractivity contribution < 1.29 is 34.7 Å². The zero-order valence-electron chi connectivity index (χ0n) is 26.0. The van der Waals surface area contributed by atoms with Crippen LogP contribution in [0.5, 0.6) is 0 Å². The maximum Gasteiger partial charge on any atom is 0.328 e. The number of aromatic amines is 1. The van der Waals surface area contributed by atoms with E-state index in [1.54, 1.807) is 0 Å². The lowest BCUT2D eigenvalue weighted by molar-refractivity contribution is -0.115. The summed E-state index contributed by atoms with van der Waals surface area (Å²) in [5, 5.41) is 13.2. The number of carbonyl (C=O) groups excluding carboxylic acids is 3. The van der Waals surface area contributed by atoms with Crippen molar-refractivity contribution in [1.29, 1.82) is 0 Å². The Morgan fingerprint density at radius 1 is 1.14 bits per heavy atom. The Morgan fingerprint density at radius 3 is 2.09 bits per heavy atom. The van der Waals surface area contributed by atoms with E-state index in [9.17, 15) is 28.4 Å². The molecule has 0 radical (unpaired) electrons. The van der Waals surface area contributed by atoms with E-state index in [0.29, 0.717) is 12.0 Å². The van der Waals surface area contributed by atoms with Crippen LogP contribution in [0.2, 0.25) is 0 Å². The van der Waals surface area contributed by atoms with Gasteiger partial charge in [-0.05, 0) is 42.7 Å². The number of methoxy groups -OCH3 is 2. The lowest BCUT2D eigenvalue weighted by Crippen LogP contribution is -2.40. The van der Waals surface area contributed by atoms with Gasteiger partial charge < -0.3 is 25.6 Å². The van der Waals surface area contributed by atoms with Crippen LogP contribution in [-0.2, 0) is 19.1 Å². The second-order valence-corrected chi connectivity index (χ2v) is 10.1. The molecule has 6 atom stereocenters. The molecule has 13 nitrogen and oxygen atoms in total. The van der Waals surface area contributed by atoms with Gasteiger partial charge in [0.25, 0.3) is 11.5 Å². The number of ether oxygens (including phenoxy) is 2. The van der Waals surface area contributed by atoms with E-state index in [0.717, 1.165) is 37.3 Å². The first-order valence-corrected chi connectivity index (χ1v) is 14.0. The number of aliphatic hydroxyl groups is 1. The first-order valence-electron chi connectivity index (χ1n) is 14.4. The number of hydrogen-bond donors (Lipinski definition) is 5. The molecule has 6 N–H and O–H groups in total. The molecule has 4 rings (SSSR count). The van der Waals surface area contributed by atoms with E-state index in [4.69, 9.17) is 23.8 Å². The molecule has 3 amide bonds. The third kappa shape index (κ3) is 17.9. The Bertz CT molecular complexity index is 1180. The molecule has 1 aromatic rings. The predicted octanol–water partition coefficient (Wildman–Crippen LogP) is 2.10. The number of carbonyl (C=O) groups is 3. The molecule has 1 aromatic heterocycles. The molecule has 43 heavy (non-hydrogen) atoms. The van der Waals surface area contributed by atoms with Crippen LogP contribution in [0.4, 0.5) is 9.18 Å². The minimum absolute atomic E-state index is 0.0642. The molecule has 0 aliphatic heterocycles. The van der Waals surface area contributed by atoms with Crippen molar-refractivity contribution in [2.75, 3.05) is 28.0 Å². The summed E-state index contributed by atoms with van der Waals surface area (Å²) in [7, 11) is 1.87. The number of hydrogen-bond acceptors (Lipinski definition) is 9. The third-order valence-corrected chi connectivity index (χ3v) is 6.65. The van der Waals surface area contributed by atoms with Crippen molar-refractivity contribution in [3.8, 4) is 0 Å². The number of nitrogens with two attached hydrogens (primary N) is 1. The maximum atomic E-state index is 11.2. The first kappa shape index (κ1) is 37.5. The van der Waals surface area contributed by atoms with Crippen LogP contribution in [0.15, 0.2) is 46.5 Å². The van der Waals surface area contributed by atoms with E-state index >= 15 is 0 Å². The lowest BCUT2D eigenvalue weighted by atomic mass is 10.3. The van der Waals surface area contributed by atoms with Crippen molar-refractivity contribution in [2.24, 2.45) is 23.5 Å². The number of nitrogens with one attached hydrogen (secondary N) is 3. The fourth-order valence-corrected chi connectivity index (χ4v) is 3.73. The van der Waals surface area contributed by atoms with Crippen LogP contribution >= 0.6 is 11.6 Å². The molecule has 0 bridgehead atoms. The van der Waals surface area contributed by atoms with E-state index in [-0.39, 0.29) is 30.2 Å². The van der Waals surface area contributed by atoms with Crippen LogP contribution < -0.4 is 27.6 Å². The van der Waals surface area contributed by atoms with Gasteiger partial charge in [-0.1, -0.05) is 26.7 Å². The smallest absolute Gasteiger partial charge is 0.328 e. The van der Waals surface area contributed by atoms with E-state index in [1.807, 2.05) is 0 Å². The maximum absolute atomic E-state index is 11.2. The Morgan fingerprint density at radius 2 is 1.72 bits per heavy atom. The Kier molecular flexibility index (Phi) is 19.3. The van der Waals surface area contributed by atoms with E-state index in [2.05, 4.69) is 38.9 Å². The zero-order valence-corrected chi connectivity index (χ0v) is 25.7. The van der Waals surface area contributed by atoms with Gasteiger partial charge in [-0.25, -0.2) is 9.59 Å². The number of allylic oxidation sites excluding steroid dienone is 1. The number of H-pyrrole nitrogens is 1. The van der Waals surface area contributed by atoms with Crippen molar-refractivity contribution in [3.63, 3.8) is 0 Å². The van der Waals surface area contributed by atoms with Crippen LogP contribution in [0.3, 0.4) is 0 Å². The number of amides is 3. The van der Waals surface area contributed by atoms with Crippen LogP contribution in [0.1, 0.15) is 53.4 Å². The number of nitrogens with zero attached hydrogens (tertiary/aromatic N) is 1. The summed E-state index contributed by atoms with van der Waals surface area (Å²) < 4.78 is 25.9. The quantitative estimate of drug-likeness (QED) is 0.154. The highest BCUT2D eigenvalue weighted by molar-refractivity contribution is 6.66. The molecule has 0 unspecified atom stereocenters. The van der Waals surface area contributed by atoms with Gasteiger partial charge in [-0.3, -0.25) is 33.6 Å². The standard InChI is InChI=1S/C10H16N2O3.C8H10N2O3.C5H11N.C4H5ClO2.CH3F/c1-3-7-6-8(7)11-10(14)12-9(13)4-5-15-2;11-4-5-3-6(5)10-2-1-7(12)9-8(10)13;1-2-4-3-5(4)6;1-7-3-2-4(5)6;1-2/h4-5,7-8H,3,6H2,1-2H3,(H2,11,12,13,14);1-2,5-6,11H,3-4H2,(H,9,12,13);4-5H,2-3,6H2,1H3;2-3H,1H3;1H3/b5-4+;;;3-2+;/t7-,8-;5-,6+;4-,5-;;/m101../s1/i;;;;1D. The minimum Gasteiger partial charge on any atom is -0.504 e. The van der Waals surface area contributed by atoms with Crippen LogP contribution in [-0.4, -0.2) is 71.9 Å². The van der Waals surface area contributed by atoms with Gasteiger partial charge in [0.05, 0.1) is 35.3 Å². The molecular weight excluding hydrogens is 589 g/mol. The molecule has 0 aromatic carbocycles. The second kappa shape index (κ2) is 22.1. The van der Waals surface area contributed by atoms with Gasteiger partial charge in [0.2, 0.25) is 5.24 Å². The largest absolute Gasteiger partial charge is 0.504 e. The molecule has 3 saturated carbocycles. The molecule has 1 heterocycles. The summed E-state index contributed by atoms with van der Waals surface area (Å²) in [5.41, 5.74) is 4.70. The van der Waals surface area contributed by atoms with Crippen LogP contribution in [0, 0.1) is 17.8 Å². The summed E-state index contributed by atoms with van der Waals surface area (Å²) in [4.78, 5) is 56.1. The number of alkyl halides is 1. The third-order valence-electron chi connectivity index (χ3n) is 6.52. The molecule has 3 aliphatic rings. The molecular formula is C28H45ClFN5O8. The molecule has 3 fully saturated rings. The summed E-state index contributed by atoms with van der Waals surface area (Å²) >= 11 is 4.85. The monoisotopic (exact) mass is 634 g/mol. The summed E-state index contributed by atoms with van der Waals surface area (Å²) in [6.45, 7) is 4.37. The Hall–Kier alpha value is -3.49. The molecule has 0 saturated heterocycles. The van der Waals surface area contributed by atoms with E-state index in [1.165, 1.54) is 56.4 Å². The SMILES string of the molecule is CC[C@@H]1C[C@H]1N.CC[C@@H]1C[C@H]1NC(=O)NC(=O)/C=C/OC.CO/C=C/C(=O)Cl.O=c1ccn([C@@H]2C[C@H]2CO)c(=O)[nH]1.[2H]CF. The number of aromatic nitrogens is 2. The number of imide groups is 1. The fourth-order valence-electron chi connectivity index (χ4n) is 3.68. The zero-order chi connectivity index (χ0) is 33.7. The Balaban J connectivity index is 0.000000575. The minimum atomic E-state index is -1.00. The van der Waals surface area contributed by atoms with Gasteiger partial charge in [0.15, 0.2) is 0 Å². The van der Waals surface area contributed by atoms with Gasteiger partial charge in [0.1, 0.15) is 0 Å². The summed E-state index contributed by atoms with van der Waals surface area (Å²) in [6, 6.07) is 1.73. The van der Waals surface area contributed by atoms with Crippen molar-refractivity contribution in [1.82, 2.24) is 20.2 Å². The highest BCUT2D eigenvalue weighted by Gasteiger charge is 2.38.